The second-order valence-corrected chi connectivity index (χ2v) is 5.45. The van der Waals surface area contributed by atoms with E-state index >= 15 is 0 Å². The van der Waals surface area contributed by atoms with Gasteiger partial charge in [-0.15, -0.1) is 0 Å². The number of nitrogens with zero attached hydrogens (tertiary/aromatic N) is 3. The standard InChI is InChI=1S/C16H17N5O/c1-2-21-12-8-4-3-6-10(12)13(20-21)15-18-11-7-5-9-17-16(22)14(11)19-15/h3-4,6,8H,2,5,7,9H2,1H3,(H,17,22)(H,18,19). The van der Waals surface area contributed by atoms with Crippen LogP contribution in [0.3, 0.4) is 0 Å². The summed E-state index contributed by atoms with van der Waals surface area (Å²) >= 11 is 0. The van der Waals surface area contributed by atoms with Gasteiger partial charge in [0.05, 0.1) is 5.52 Å². The van der Waals surface area contributed by atoms with Crippen molar-refractivity contribution >= 4 is 16.8 Å². The minimum atomic E-state index is -0.103. The van der Waals surface area contributed by atoms with Crippen LogP contribution in [-0.2, 0) is 13.0 Å². The van der Waals surface area contributed by atoms with E-state index in [9.17, 15) is 4.79 Å². The van der Waals surface area contributed by atoms with Gasteiger partial charge in [-0.25, -0.2) is 4.98 Å². The summed E-state index contributed by atoms with van der Waals surface area (Å²) in [5.41, 5.74) is 3.29. The molecule has 0 aliphatic carbocycles. The number of nitrogens with one attached hydrogen (secondary N) is 2. The van der Waals surface area contributed by atoms with Gasteiger partial charge in [-0.1, -0.05) is 18.2 Å². The monoisotopic (exact) mass is 295 g/mol. The summed E-state index contributed by atoms with van der Waals surface area (Å²) in [6.07, 6.45) is 1.75. The number of carbonyl (C=O) groups excluding carboxylic acids is 1. The van der Waals surface area contributed by atoms with Gasteiger partial charge in [-0.05, 0) is 25.8 Å². The van der Waals surface area contributed by atoms with Gasteiger partial charge in [0.15, 0.2) is 5.82 Å². The normalized spacial score (nSPS) is 14.7. The minimum absolute atomic E-state index is 0.103. The molecule has 2 N–H and O–H groups in total. The molecular weight excluding hydrogens is 278 g/mol. The Hall–Kier alpha value is -2.63. The molecule has 6 nitrogen and oxygen atoms in total. The summed E-state index contributed by atoms with van der Waals surface area (Å²) in [6.45, 7) is 3.56. The topological polar surface area (TPSA) is 75.6 Å². The van der Waals surface area contributed by atoms with E-state index in [0.717, 1.165) is 41.7 Å². The molecule has 1 amide bonds. The third kappa shape index (κ3) is 1.91. The number of H-pyrrole nitrogens is 1. The number of benzene rings is 1. The highest BCUT2D eigenvalue weighted by molar-refractivity contribution is 5.96. The predicted molar refractivity (Wildman–Crippen MR) is 83.6 cm³/mol. The van der Waals surface area contributed by atoms with E-state index in [-0.39, 0.29) is 5.91 Å². The molecule has 3 aromatic rings. The van der Waals surface area contributed by atoms with Crippen LogP contribution in [0.2, 0.25) is 0 Å². The molecule has 0 saturated heterocycles. The maximum Gasteiger partial charge on any atom is 0.271 e. The molecule has 0 spiro atoms. The van der Waals surface area contributed by atoms with Crippen LogP contribution in [0.4, 0.5) is 0 Å². The second-order valence-electron chi connectivity index (χ2n) is 5.45. The quantitative estimate of drug-likeness (QED) is 0.760. The Morgan fingerprint density at radius 2 is 2.14 bits per heavy atom. The highest BCUT2D eigenvalue weighted by Crippen LogP contribution is 2.27. The zero-order chi connectivity index (χ0) is 15.1. The molecule has 2 aromatic heterocycles. The van der Waals surface area contributed by atoms with Gasteiger partial charge in [0.2, 0.25) is 0 Å². The number of aryl methyl sites for hydroxylation is 2. The molecule has 22 heavy (non-hydrogen) atoms. The maximum absolute atomic E-state index is 12.1. The van der Waals surface area contributed by atoms with Crippen LogP contribution >= 0.6 is 0 Å². The number of amides is 1. The molecule has 0 saturated carbocycles. The Labute approximate surface area is 127 Å². The average Bonchev–Trinajstić information content (AvgIpc) is 3.08. The van der Waals surface area contributed by atoms with Crippen LogP contribution in [0.15, 0.2) is 24.3 Å². The molecule has 0 atom stereocenters. The van der Waals surface area contributed by atoms with Crippen molar-refractivity contribution < 1.29 is 4.79 Å². The first-order chi connectivity index (χ1) is 10.8. The third-order valence-electron chi connectivity index (χ3n) is 4.06. The molecule has 0 unspecified atom stereocenters. The highest BCUT2D eigenvalue weighted by Gasteiger charge is 2.22. The molecule has 3 heterocycles. The lowest BCUT2D eigenvalue weighted by atomic mass is 10.2. The Kier molecular flexibility index (Phi) is 2.96. The number of hydrogen-bond donors (Lipinski definition) is 2. The van der Waals surface area contributed by atoms with E-state index in [1.807, 2.05) is 22.9 Å². The Bertz CT molecular complexity index is 861. The summed E-state index contributed by atoms with van der Waals surface area (Å²) in [4.78, 5) is 19.9. The van der Waals surface area contributed by atoms with Crippen LogP contribution in [-0.4, -0.2) is 32.2 Å². The number of aromatic amines is 1. The van der Waals surface area contributed by atoms with Crippen molar-refractivity contribution in [1.82, 2.24) is 25.1 Å². The minimum Gasteiger partial charge on any atom is -0.351 e. The van der Waals surface area contributed by atoms with E-state index in [1.165, 1.54) is 0 Å². The van der Waals surface area contributed by atoms with E-state index in [2.05, 4.69) is 33.4 Å². The molecule has 4 rings (SSSR count). The number of carbonyl (C=O) groups is 1. The largest absolute Gasteiger partial charge is 0.351 e. The highest BCUT2D eigenvalue weighted by atomic mass is 16.1. The number of para-hydroxylation sites is 1. The predicted octanol–water partition coefficient (Wildman–Crippen LogP) is 2.12. The Morgan fingerprint density at radius 3 is 3.00 bits per heavy atom. The van der Waals surface area contributed by atoms with Crippen molar-refractivity contribution in [3.05, 3.63) is 35.7 Å². The Morgan fingerprint density at radius 1 is 1.27 bits per heavy atom. The summed E-state index contributed by atoms with van der Waals surface area (Å²) in [5.74, 6) is 0.569. The van der Waals surface area contributed by atoms with Gasteiger partial charge >= 0.3 is 0 Å². The van der Waals surface area contributed by atoms with Gasteiger partial charge in [-0.3, -0.25) is 9.48 Å². The smallest absolute Gasteiger partial charge is 0.271 e. The van der Waals surface area contributed by atoms with Crippen LogP contribution in [0.5, 0.6) is 0 Å². The summed E-state index contributed by atoms with van der Waals surface area (Å²) in [7, 11) is 0. The van der Waals surface area contributed by atoms with Crippen LogP contribution in [0.1, 0.15) is 29.5 Å². The fourth-order valence-electron chi connectivity index (χ4n) is 2.98. The summed E-state index contributed by atoms with van der Waals surface area (Å²) in [5, 5.41) is 8.58. The van der Waals surface area contributed by atoms with Crippen LogP contribution in [0, 0.1) is 0 Å². The molecule has 0 bridgehead atoms. The average molecular weight is 295 g/mol. The van der Waals surface area contributed by atoms with Crippen molar-refractivity contribution in [1.29, 1.82) is 0 Å². The maximum atomic E-state index is 12.1. The molecule has 6 heteroatoms. The van der Waals surface area contributed by atoms with Crippen LogP contribution in [0.25, 0.3) is 22.4 Å². The third-order valence-corrected chi connectivity index (χ3v) is 4.06. The molecule has 0 radical (unpaired) electrons. The molecule has 1 aromatic carbocycles. The van der Waals surface area contributed by atoms with Gasteiger partial charge in [0, 0.05) is 24.2 Å². The van der Waals surface area contributed by atoms with E-state index in [4.69, 9.17) is 0 Å². The zero-order valence-corrected chi connectivity index (χ0v) is 12.4. The SMILES string of the molecule is CCn1nc(-c2nc3c([nH]2)CCCNC3=O)c2ccccc21. The lowest BCUT2D eigenvalue weighted by Crippen LogP contribution is -2.23. The first kappa shape index (κ1) is 13.1. The van der Waals surface area contributed by atoms with Gasteiger partial charge in [0.25, 0.3) is 5.91 Å². The van der Waals surface area contributed by atoms with Crippen molar-refractivity contribution in [2.75, 3.05) is 6.54 Å². The summed E-state index contributed by atoms with van der Waals surface area (Å²) in [6, 6.07) is 8.09. The lowest BCUT2D eigenvalue weighted by molar-refractivity contribution is 0.0951. The van der Waals surface area contributed by atoms with Gasteiger partial charge in [0.1, 0.15) is 11.4 Å². The molecule has 1 aliphatic rings. The lowest BCUT2D eigenvalue weighted by Gasteiger charge is -1.96. The van der Waals surface area contributed by atoms with E-state index in [0.29, 0.717) is 18.1 Å². The van der Waals surface area contributed by atoms with E-state index < -0.39 is 0 Å². The fraction of sp³-hybridized carbons (Fsp3) is 0.312. The van der Waals surface area contributed by atoms with Crippen LogP contribution < -0.4 is 5.32 Å². The number of fused-ring (bicyclic) bond motifs is 2. The van der Waals surface area contributed by atoms with E-state index in [1.54, 1.807) is 0 Å². The van der Waals surface area contributed by atoms with Crippen molar-refractivity contribution in [2.24, 2.45) is 0 Å². The van der Waals surface area contributed by atoms with Crippen molar-refractivity contribution in [2.45, 2.75) is 26.3 Å². The zero-order valence-electron chi connectivity index (χ0n) is 12.4. The summed E-state index contributed by atoms with van der Waals surface area (Å²) < 4.78 is 1.96. The molecular formula is C16H17N5O. The fourth-order valence-corrected chi connectivity index (χ4v) is 2.98. The number of aromatic nitrogens is 4. The first-order valence-corrected chi connectivity index (χ1v) is 7.61. The van der Waals surface area contributed by atoms with Crippen molar-refractivity contribution in [3.63, 3.8) is 0 Å². The first-order valence-electron chi connectivity index (χ1n) is 7.61. The van der Waals surface area contributed by atoms with Crippen molar-refractivity contribution in [3.8, 4) is 11.5 Å². The molecule has 0 fully saturated rings. The number of hydrogen-bond acceptors (Lipinski definition) is 3. The molecule has 112 valence electrons. The number of imidazole rings is 1. The second kappa shape index (κ2) is 4.98. The molecule has 1 aliphatic heterocycles. The number of rotatable bonds is 2. The van der Waals surface area contributed by atoms with Gasteiger partial charge in [-0.2, -0.15) is 5.10 Å². The van der Waals surface area contributed by atoms with Gasteiger partial charge < -0.3 is 10.3 Å². The Balaban J connectivity index is 1.90.